The minimum Gasteiger partial charge on any atom is -0.450 e. The van der Waals surface area contributed by atoms with Gasteiger partial charge in [0.15, 0.2) is 17.1 Å². The highest BCUT2D eigenvalue weighted by Gasteiger charge is 2.37. The molecule has 0 atom stereocenters. The van der Waals surface area contributed by atoms with Crippen LogP contribution in [0.3, 0.4) is 0 Å². The van der Waals surface area contributed by atoms with Gasteiger partial charge in [0.25, 0.3) is 0 Å². The van der Waals surface area contributed by atoms with Crippen LogP contribution < -0.4 is 11.0 Å². The first kappa shape index (κ1) is 17.3. The van der Waals surface area contributed by atoms with E-state index in [1.54, 1.807) is 12.1 Å². The average Bonchev–Trinajstić information content (AvgIpc) is 2.99. The van der Waals surface area contributed by atoms with E-state index >= 15 is 0 Å². The Labute approximate surface area is 154 Å². The maximum absolute atomic E-state index is 13.5. The summed E-state index contributed by atoms with van der Waals surface area (Å²) in [5, 5.41) is 3.44. The topological polar surface area (TPSA) is 73.0 Å². The lowest BCUT2D eigenvalue weighted by atomic mass is 10.2. The summed E-state index contributed by atoms with van der Waals surface area (Å²) < 4.78 is 46.9. The lowest BCUT2D eigenvalue weighted by Crippen LogP contribution is -2.25. The number of hydrogen-bond acceptors (Lipinski definition) is 5. The summed E-state index contributed by atoms with van der Waals surface area (Å²) in [6.07, 6.45) is -3.75. The van der Waals surface area contributed by atoms with Crippen LogP contribution in [0.2, 0.25) is 5.02 Å². The molecule has 0 saturated heterocycles. The Kier molecular flexibility index (Phi) is 3.84. The Morgan fingerprint density at radius 3 is 2.74 bits per heavy atom. The van der Waals surface area contributed by atoms with Crippen molar-refractivity contribution in [2.24, 2.45) is 0 Å². The molecule has 1 N–H and O–H groups in total. The van der Waals surface area contributed by atoms with E-state index in [0.717, 1.165) is 16.8 Å². The van der Waals surface area contributed by atoms with Crippen LogP contribution in [0.15, 0.2) is 45.7 Å². The number of anilines is 1. The number of pyridine rings is 1. The van der Waals surface area contributed by atoms with Crippen molar-refractivity contribution in [3.8, 4) is 5.69 Å². The van der Waals surface area contributed by atoms with Gasteiger partial charge in [-0.3, -0.25) is 4.57 Å². The van der Waals surface area contributed by atoms with Crippen LogP contribution in [0.4, 0.5) is 19.0 Å². The fourth-order valence-corrected chi connectivity index (χ4v) is 3.09. The number of nitrogens with one attached hydrogen (secondary N) is 1. The standard InChI is InChI=1S/C17H10ClF3N4O2/c1-22-15-13-12(9-7-8(18)4-5-11(9)27-13)25(16(26)24-15)10-3-2-6-23-14(10)17(19,20)21/h2-7H,1H3,(H,22,24,26). The van der Waals surface area contributed by atoms with Crippen molar-refractivity contribution in [3.63, 3.8) is 0 Å². The molecule has 0 saturated carbocycles. The Hall–Kier alpha value is -3.07. The average molecular weight is 395 g/mol. The molecule has 4 rings (SSSR count). The zero-order valence-corrected chi connectivity index (χ0v) is 14.4. The molecule has 4 aromatic rings. The fraction of sp³-hybridized carbons (Fsp3) is 0.118. The number of alkyl halides is 3. The summed E-state index contributed by atoms with van der Waals surface area (Å²) in [5.74, 6) is 0.107. The van der Waals surface area contributed by atoms with E-state index in [2.05, 4.69) is 15.3 Å². The molecule has 0 unspecified atom stereocenters. The van der Waals surface area contributed by atoms with E-state index in [4.69, 9.17) is 16.0 Å². The second-order valence-corrected chi connectivity index (χ2v) is 6.05. The normalized spacial score (nSPS) is 12.0. The van der Waals surface area contributed by atoms with E-state index in [1.807, 2.05) is 0 Å². The third-order valence-corrected chi connectivity index (χ3v) is 4.23. The largest absolute Gasteiger partial charge is 0.450 e. The first-order valence-corrected chi connectivity index (χ1v) is 8.04. The van der Waals surface area contributed by atoms with E-state index in [0.29, 0.717) is 16.0 Å². The molecular formula is C17H10ClF3N4O2. The molecule has 0 radical (unpaired) electrons. The van der Waals surface area contributed by atoms with Crippen LogP contribution in [0, 0.1) is 0 Å². The van der Waals surface area contributed by atoms with Crippen LogP contribution in [0.1, 0.15) is 5.69 Å². The highest BCUT2D eigenvalue weighted by atomic mass is 35.5. The van der Waals surface area contributed by atoms with Crippen molar-refractivity contribution in [2.75, 3.05) is 12.4 Å². The lowest BCUT2D eigenvalue weighted by molar-refractivity contribution is -0.141. The summed E-state index contributed by atoms with van der Waals surface area (Å²) in [6, 6.07) is 7.12. The Balaban J connectivity index is 2.23. The monoisotopic (exact) mass is 394 g/mol. The van der Waals surface area contributed by atoms with Crippen LogP contribution >= 0.6 is 11.6 Å². The number of fused-ring (bicyclic) bond motifs is 3. The first-order chi connectivity index (χ1) is 12.8. The second-order valence-electron chi connectivity index (χ2n) is 5.62. The number of furan rings is 1. The summed E-state index contributed by atoms with van der Waals surface area (Å²) in [4.78, 5) is 19.9. The summed E-state index contributed by atoms with van der Waals surface area (Å²) in [5.41, 5.74) is -1.96. The van der Waals surface area contributed by atoms with Gasteiger partial charge in [0.2, 0.25) is 0 Å². The quantitative estimate of drug-likeness (QED) is 0.550. The van der Waals surface area contributed by atoms with Gasteiger partial charge in [-0.05, 0) is 30.3 Å². The van der Waals surface area contributed by atoms with E-state index < -0.39 is 23.2 Å². The lowest BCUT2D eigenvalue weighted by Gasteiger charge is -2.14. The molecule has 6 nitrogen and oxygen atoms in total. The minimum absolute atomic E-state index is 0.107. The summed E-state index contributed by atoms with van der Waals surface area (Å²) in [6.45, 7) is 0. The maximum atomic E-state index is 13.5. The highest BCUT2D eigenvalue weighted by Crippen LogP contribution is 2.37. The molecule has 3 heterocycles. The molecule has 0 aliphatic rings. The van der Waals surface area contributed by atoms with E-state index in [9.17, 15) is 18.0 Å². The molecule has 138 valence electrons. The zero-order chi connectivity index (χ0) is 19.3. The number of aromatic nitrogens is 3. The van der Waals surface area contributed by atoms with Gasteiger partial charge in [0.05, 0.1) is 5.69 Å². The molecule has 3 aromatic heterocycles. The van der Waals surface area contributed by atoms with E-state index in [1.165, 1.54) is 19.2 Å². The van der Waals surface area contributed by atoms with Gasteiger partial charge >= 0.3 is 11.9 Å². The summed E-state index contributed by atoms with van der Waals surface area (Å²) >= 11 is 6.04. The Morgan fingerprint density at radius 2 is 2.04 bits per heavy atom. The van der Waals surface area contributed by atoms with Crippen molar-refractivity contribution < 1.29 is 17.6 Å². The number of benzene rings is 1. The molecule has 0 bridgehead atoms. The van der Waals surface area contributed by atoms with Gasteiger partial charge in [0, 0.05) is 23.7 Å². The second kappa shape index (κ2) is 5.98. The minimum atomic E-state index is -4.76. The van der Waals surface area contributed by atoms with Crippen LogP contribution in [-0.4, -0.2) is 21.6 Å². The predicted molar refractivity (Wildman–Crippen MR) is 94.5 cm³/mol. The highest BCUT2D eigenvalue weighted by molar-refractivity contribution is 6.31. The summed E-state index contributed by atoms with van der Waals surface area (Å²) in [7, 11) is 1.52. The van der Waals surface area contributed by atoms with Crippen molar-refractivity contribution >= 4 is 39.5 Å². The van der Waals surface area contributed by atoms with Crippen LogP contribution in [0.25, 0.3) is 27.8 Å². The first-order valence-electron chi connectivity index (χ1n) is 7.66. The molecular weight excluding hydrogens is 385 g/mol. The van der Waals surface area contributed by atoms with Gasteiger partial charge in [-0.1, -0.05) is 11.6 Å². The third-order valence-electron chi connectivity index (χ3n) is 3.99. The Bertz CT molecular complexity index is 1250. The van der Waals surface area contributed by atoms with Gasteiger partial charge in [-0.2, -0.15) is 18.2 Å². The number of nitrogens with zero attached hydrogens (tertiary/aromatic N) is 3. The van der Waals surface area contributed by atoms with Crippen molar-refractivity contribution in [1.82, 2.24) is 14.5 Å². The number of halogens is 4. The van der Waals surface area contributed by atoms with Crippen molar-refractivity contribution in [2.45, 2.75) is 6.18 Å². The molecule has 0 fully saturated rings. The fourth-order valence-electron chi connectivity index (χ4n) is 2.92. The third kappa shape index (κ3) is 2.71. The SMILES string of the molecule is CNc1nc(=O)n(-c2cccnc2C(F)(F)F)c2c1oc1ccc(Cl)cc12. The zero-order valence-electron chi connectivity index (χ0n) is 13.6. The van der Waals surface area contributed by atoms with Gasteiger partial charge in [-0.15, -0.1) is 0 Å². The number of rotatable bonds is 2. The van der Waals surface area contributed by atoms with Gasteiger partial charge < -0.3 is 9.73 Å². The molecule has 27 heavy (non-hydrogen) atoms. The van der Waals surface area contributed by atoms with Crippen molar-refractivity contribution in [3.05, 3.63) is 57.7 Å². The molecule has 0 aliphatic heterocycles. The Morgan fingerprint density at radius 1 is 1.26 bits per heavy atom. The van der Waals surface area contributed by atoms with Crippen LogP contribution in [0.5, 0.6) is 0 Å². The molecule has 0 spiro atoms. The predicted octanol–water partition coefficient (Wildman–Crippen LogP) is 4.24. The van der Waals surface area contributed by atoms with Crippen LogP contribution in [-0.2, 0) is 6.18 Å². The molecule has 0 aliphatic carbocycles. The van der Waals surface area contributed by atoms with E-state index in [-0.39, 0.29) is 16.9 Å². The smallest absolute Gasteiger partial charge is 0.435 e. The van der Waals surface area contributed by atoms with Gasteiger partial charge in [0.1, 0.15) is 11.1 Å². The maximum Gasteiger partial charge on any atom is 0.435 e. The molecule has 0 amide bonds. The van der Waals surface area contributed by atoms with Gasteiger partial charge in [-0.25, -0.2) is 9.78 Å². The number of hydrogen-bond donors (Lipinski definition) is 1. The molecule has 10 heteroatoms. The molecule has 1 aromatic carbocycles. The van der Waals surface area contributed by atoms with Crippen molar-refractivity contribution in [1.29, 1.82) is 0 Å².